The number of rotatable bonds is 5. The predicted octanol–water partition coefficient (Wildman–Crippen LogP) is 3.77. The van der Waals surface area contributed by atoms with Crippen molar-refractivity contribution in [3.8, 4) is 0 Å². The van der Waals surface area contributed by atoms with Crippen molar-refractivity contribution in [1.82, 2.24) is 5.16 Å². The van der Waals surface area contributed by atoms with Gasteiger partial charge in [0, 0.05) is 6.54 Å². The number of aliphatic hydroxyl groups excluding tert-OH is 1. The molecule has 0 fully saturated rings. The summed E-state index contributed by atoms with van der Waals surface area (Å²) in [6.07, 6.45) is 0.606. The van der Waals surface area contributed by atoms with Gasteiger partial charge in [0.05, 0.1) is 17.1 Å². The fraction of sp³-hybridized carbons (Fsp3) is 0.167. The average Bonchev–Trinajstić information content (AvgIpc) is 3.33. The Balaban J connectivity index is 1.61. The van der Waals surface area contributed by atoms with E-state index in [1.807, 2.05) is 18.2 Å². The number of halogens is 2. The van der Waals surface area contributed by atoms with Gasteiger partial charge in [0.1, 0.15) is 12.5 Å². The van der Waals surface area contributed by atoms with Gasteiger partial charge in [-0.2, -0.15) is 4.39 Å². The van der Waals surface area contributed by atoms with E-state index in [2.05, 4.69) is 10.5 Å². The van der Waals surface area contributed by atoms with Crippen LogP contribution in [-0.2, 0) is 9.47 Å². The van der Waals surface area contributed by atoms with Gasteiger partial charge >= 0.3 is 0 Å². The number of hydrogen-bond acceptors (Lipinski definition) is 6. The van der Waals surface area contributed by atoms with Crippen LogP contribution >= 0.6 is 0 Å². The molecule has 6 nitrogen and oxygen atoms in total. The first-order valence-electron chi connectivity index (χ1n) is 7.85. The lowest BCUT2D eigenvalue weighted by atomic mass is 10.1. The maximum Gasteiger partial charge on any atom is 0.269 e. The molecular formula is C18H14F2N2O4. The zero-order valence-electron chi connectivity index (χ0n) is 13.4. The summed E-state index contributed by atoms with van der Waals surface area (Å²) >= 11 is 0. The number of hydrogen-bond donors (Lipinski definition) is 2. The number of fused-ring (bicyclic) bond motifs is 1. The van der Waals surface area contributed by atoms with E-state index in [9.17, 15) is 13.9 Å². The Morgan fingerprint density at radius 1 is 1.12 bits per heavy atom. The Morgan fingerprint density at radius 2 is 1.85 bits per heavy atom. The summed E-state index contributed by atoms with van der Waals surface area (Å²) < 4.78 is 43.5. The summed E-state index contributed by atoms with van der Waals surface area (Å²) in [5, 5.41) is 17.1. The Hall–Kier alpha value is -3.13. The van der Waals surface area contributed by atoms with Gasteiger partial charge in [-0.15, -0.1) is 0 Å². The summed E-state index contributed by atoms with van der Waals surface area (Å²) in [4.78, 5) is 0. The van der Waals surface area contributed by atoms with Crippen molar-refractivity contribution in [1.29, 1.82) is 0 Å². The van der Waals surface area contributed by atoms with E-state index in [4.69, 9.17) is 14.0 Å². The molecule has 4 rings (SSSR count). The molecule has 0 spiro atoms. The maximum absolute atomic E-state index is 14.3. The lowest BCUT2D eigenvalue weighted by Crippen LogP contribution is -2.12. The van der Waals surface area contributed by atoms with Crippen LogP contribution in [-0.4, -0.2) is 16.8 Å². The second-order valence-corrected chi connectivity index (χ2v) is 5.69. The lowest BCUT2D eigenvalue weighted by Gasteiger charge is -2.13. The third-order valence-corrected chi connectivity index (χ3v) is 4.03. The van der Waals surface area contributed by atoms with E-state index < -0.39 is 24.0 Å². The third kappa shape index (κ3) is 2.84. The molecule has 0 radical (unpaired) electrons. The van der Waals surface area contributed by atoms with Crippen molar-refractivity contribution < 1.29 is 27.9 Å². The molecule has 1 aliphatic rings. The number of anilines is 1. The third-order valence-electron chi connectivity index (χ3n) is 4.03. The molecule has 2 heterocycles. The maximum atomic E-state index is 14.3. The zero-order valence-corrected chi connectivity index (χ0v) is 13.4. The molecule has 0 bridgehead atoms. The minimum Gasteiger partial charge on any atom is -0.455 e. The first kappa shape index (κ1) is 16.3. The summed E-state index contributed by atoms with van der Waals surface area (Å²) in [7, 11) is 0. The smallest absolute Gasteiger partial charge is 0.269 e. The van der Waals surface area contributed by atoms with Gasteiger partial charge in [0.15, 0.2) is 11.6 Å². The number of benzene rings is 2. The largest absolute Gasteiger partial charge is 0.455 e. The molecule has 2 aromatic carbocycles. The van der Waals surface area contributed by atoms with E-state index in [1.165, 1.54) is 18.6 Å². The van der Waals surface area contributed by atoms with Crippen LogP contribution in [0.2, 0.25) is 0 Å². The topological polar surface area (TPSA) is 76.8 Å². The first-order valence-corrected chi connectivity index (χ1v) is 7.85. The molecule has 0 unspecified atom stereocenters. The van der Waals surface area contributed by atoms with Gasteiger partial charge in [-0.25, -0.2) is 4.39 Å². The standard InChI is InChI=1S/C18H14F2N2O4/c19-14-11(18-24-6-7-25-18)8-12-16(15(14)20)26-22-17(12)21-9-13(23)10-4-2-1-3-5-10/h1-8,13,18,23H,9H2,(H,21,22)/t13-/m0/s1. The van der Waals surface area contributed by atoms with Crippen LogP contribution in [0.5, 0.6) is 0 Å². The number of ether oxygens (including phenoxy) is 2. The Bertz CT molecular complexity index is 951. The quantitative estimate of drug-likeness (QED) is 0.721. The van der Waals surface area contributed by atoms with Crippen molar-refractivity contribution in [3.63, 3.8) is 0 Å². The van der Waals surface area contributed by atoms with Gasteiger partial charge in [-0.1, -0.05) is 35.5 Å². The second kappa shape index (κ2) is 6.64. The van der Waals surface area contributed by atoms with E-state index in [-0.39, 0.29) is 28.9 Å². The van der Waals surface area contributed by atoms with Crippen LogP contribution in [0.1, 0.15) is 23.5 Å². The fourth-order valence-electron chi connectivity index (χ4n) is 2.71. The van der Waals surface area contributed by atoms with Crippen LogP contribution in [0.25, 0.3) is 11.0 Å². The van der Waals surface area contributed by atoms with Crippen molar-refractivity contribution in [3.05, 3.63) is 71.7 Å². The summed E-state index contributed by atoms with van der Waals surface area (Å²) in [6.45, 7) is 0.109. The molecule has 0 saturated carbocycles. The van der Waals surface area contributed by atoms with Crippen molar-refractivity contribution in [2.75, 3.05) is 11.9 Å². The highest BCUT2D eigenvalue weighted by Gasteiger charge is 2.27. The molecule has 26 heavy (non-hydrogen) atoms. The van der Waals surface area contributed by atoms with Gasteiger partial charge in [-0.05, 0) is 11.6 Å². The molecule has 1 aliphatic heterocycles. The van der Waals surface area contributed by atoms with E-state index in [1.54, 1.807) is 12.1 Å². The SMILES string of the molecule is O[C@@H](CNc1noc2c(F)c(F)c(C3OC=CO3)cc12)c1ccccc1. The molecule has 8 heteroatoms. The monoisotopic (exact) mass is 360 g/mol. The molecule has 0 amide bonds. The van der Waals surface area contributed by atoms with Gasteiger partial charge < -0.3 is 24.4 Å². The van der Waals surface area contributed by atoms with Crippen LogP contribution in [0.15, 0.2) is 53.4 Å². The first-order chi connectivity index (χ1) is 12.6. The Kier molecular flexibility index (Phi) is 4.18. The minimum atomic E-state index is -1.18. The number of nitrogens with zero attached hydrogens (tertiary/aromatic N) is 1. The Morgan fingerprint density at radius 3 is 2.58 bits per heavy atom. The Labute approximate surface area is 146 Å². The predicted molar refractivity (Wildman–Crippen MR) is 87.9 cm³/mol. The van der Waals surface area contributed by atoms with Gasteiger partial charge in [-0.3, -0.25) is 0 Å². The normalized spacial score (nSPS) is 15.0. The minimum absolute atomic E-state index is 0.109. The summed E-state index contributed by atoms with van der Waals surface area (Å²) in [6, 6.07) is 10.4. The zero-order chi connectivity index (χ0) is 18.1. The van der Waals surface area contributed by atoms with Crippen LogP contribution in [0, 0.1) is 11.6 Å². The fourth-order valence-corrected chi connectivity index (χ4v) is 2.71. The highest BCUT2D eigenvalue weighted by molar-refractivity contribution is 5.89. The van der Waals surface area contributed by atoms with Crippen LogP contribution in [0.3, 0.4) is 0 Å². The molecule has 0 aliphatic carbocycles. The van der Waals surface area contributed by atoms with Gasteiger partial charge in [0.2, 0.25) is 11.4 Å². The molecule has 134 valence electrons. The molecule has 3 aromatic rings. The van der Waals surface area contributed by atoms with Crippen LogP contribution in [0.4, 0.5) is 14.6 Å². The summed E-state index contributed by atoms with van der Waals surface area (Å²) in [5.41, 5.74) is 0.272. The van der Waals surface area contributed by atoms with Crippen molar-refractivity contribution in [2.45, 2.75) is 12.4 Å². The number of aliphatic hydroxyl groups is 1. The van der Waals surface area contributed by atoms with Crippen molar-refractivity contribution in [2.24, 2.45) is 0 Å². The molecule has 0 saturated heterocycles. The number of aromatic nitrogens is 1. The molecule has 2 N–H and O–H groups in total. The van der Waals surface area contributed by atoms with E-state index >= 15 is 0 Å². The van der Waals surface area contributed by atoms with Crippen molar-refractivity contribution >= 4 is 16.8 Å². The number of nitrogens with one attached hydrogen (secondary N) is 1. The molecule has 1 atom stereocenters. The van der Waals surface area contributed by atoms with Gasteiger partial charge in [0.25, 0.3) is 6.29 Å². The highest BCUT2D eigenvalue weighted by Crippen LogP contribution is 2.35. The second-order valence-electron chi connectivity index (χ2n) is 5.69. The molecular weight excluding hydrogens is 346 g/mol. The average molecular weight is 360 g/mol. The summed E-state index contributed by atoms with van der Waals surface area (Å²) in [5.74, 6) is -2.12. The van der Waals surface area contributed by atoms with E-state index in [0.29, 0.717) is 5.56 Å². The van der Waals surface area contributed by atoms with E-state index in [0.717, 1.165) is 0 Å². The molecule has 1 aromatic heterocycles. The van der Waals surface area contributed by atoms with Crippen LogP contribution < -0.4 is 5.32 Å². The lowest BCUT2D eigenvalue weighted by molar-refractivity contribution is -0.0274. The highest BCUT2D eigenvalue weighted by atomic mass is 19.2.